The van der Waals surface area contributed by atoms with Gasteiger partial charge in [-0.25, -0.2) is 5.43 Å². The molecule has 4 aromatic rings. The number of benzene rings is 3. The van der Waals surface area contributed by atoms with Crippen LogP contribution in [0.3, 0.4) is 0 Å². The van der Waals surface area contributed by atoms with Gasteiger partial charge in [0, 0.05) is 11.3 Å². The number of hydrogen-bond donors (Lipinski definition) is 1. The van der Waals surface area contributed by atoms with E-state index in [1.54, 1.807) is 32.6 Å². The van der Waals surface area contributed by atoms with Gasteiger partial charge in [-0.15, -0.1) is 10.2 Å². The van der Waals surface area contributed by atoms with Gasteiger partial charge in [0.2, 0.25) is 0 Å². The predicted octanol–water partition coefficient (Wildman–Crippen LogP) is 4.90. The third kappa shape index (κ3) is 6.51. The molecular formula is C28H29N5O4S. The van der Waals surface area contributed by atoms with Crippen LogP contribution in [0.2, 0.25) is 0 Å². The number of hydrazone groups is 1. The number of ether oxygens (including phenoxy) is 3. The number of amides is 1. The first-order chi connectivity index (χ1) is 18.5. The van der Waals surface area contributed by atoms with E-state index < -0.39 is 0 Å². The number of methoxy groups -OCH3 is 2. The first kappa shape index (κ1) is 26.7. The van der Waals surface area contributed by atoms with Crippen LogP contribution in [0.15, 0.2) is 77.0 Å². The maximum Gasteiger partial charge on any atom is 0.250 e. The van der Waals surface area contributed by atoms with Crippen LogP contribution in [0.4, 0.5) is 0 Å². The van der Waals surface area contributed by atoms with E-state index >= 15 is 0 Å². The van der Waals surface area contributed by atoms with Gasteiger partial charge in [0.1, 0.15) is 5.75 Å². The van der Waals surface area contributed by atoms with Crippen LogP contribution in [0.25, 0.3) is 17.1 Å². The zero-order valence-electron chi connectivity index (χ0n) is 21.7. The normalized spacial score (nSPS) is 10.9. The van der Waals surface area contributed by atoms with E-state index in [-0.39, 0.29) is 11.7 Å². The molecule has 9 nitrogen and oxygen atoms in total. The zero-order valence-corrected chi connectivity index (χ0v) is 22.5. The Morgan fingerprint density at radius 1 is 1.00 bits per heavy atom. The molecule has 1 N–H and O–H groups in total. The monoisotopic (exact) mass is 531 g/mol. The van der Waals surface area contributed by atoms with Gasteiger partial charge in [0.25, 0.3) is 5.91 Å². The Kier molecular flexibility index (Phi) is 8.99. The number of nitrogens with one attached hydrogen (secondary N) is 1. The second-order valence-electron chi connectivity index (χ2n) is 8.13. The summed E-state index contributed by atoms with van der Waals surface area (Å²) >= 11 is 1.28. The number of carbonyl (C=O) groups excluding carboxylic acids is 1. The van der Waals surface area contributed by atoms with Crippen molar-refractivity contribution in [1.82, 2.24) is 20.2 Å². The van der Waals surface area contributed by atoms with Gasteiger partial charge in [-0.2, -0.15) is 5.10 Å². The van der Waals surface area contributed by atoms with Crippen molar-refractivity contribution in [1.29, 1.82) is 0 Å². The molecule has 0 saturated carbocycles. The SMILES string of the molecule is CCOc1ccc(/C=N\NC(=O)CSc2nnc(-c3ccc(OC)cc3)n2-c2ccc(C)cc2)cc1OC. The average molecular weight is 532 g/mol. The number of aromatic nitrogens is 3. The Morgan fingerprint density at radius 2 is 1.76 bits per heavy atom. The summed E-state index contributed by atoms with van der Waals surface area (Å²) in [4.78, 5) is 12.5. The van der Waals surface area contributed by atoms with Crippen LogP contribution < -0.4 is 19.6 Å². The van der Waals surface area contributed by atoms with Crippen LogP contribution in [0.5, 0.6) is 17.2 Å². The Bertz CT molecular complexity index is 1400. The van der Waals surface area contributed by atoms with Gasteiger partial charge in [-0.3, -0.25) is 9.36 Å². The molecule has 0 atom stereocenters. The molecule has 0 aliphatic heterocycles. The summed E-state index contributed by atoms with van der Waals surface area (Å²) in [6.45, 7) is 4.48. The number of carbonyl (C=O) groups is 1. The number of nitrogens with zero attached hydrogens (tertiary/aromatic N) is 4. The van der Waals surface area contributed by atoms with E-state index in [9.17, 15) is 4.79 Å². The minimum Gasteiger partial charge on any atom is -0.497 e. The average Bonchev–Trinajstić information content (AvgIpc) is 3.37. The molecule has 0 spiro atoms. The quantitative estimate of drug-likeness (QED) is 0.167. The predicted molar refractivity (Wildman–Crippen MR) is 149 cm³/mol. The summed E-state index contributed by atoms with van der Waals surface area (Å²) in [5, 5.41) is 13.5. The van der Waals surface area contributed by atoms with Crippen LogP contribution in [0, 0.1) is 6.92 Å². The van der Waals surface area contributed by atoms with Crippen LogP contribution in [0.1, 0.15) is 18.1 Å². The highest BCUT2D eigenvalue weighted by Crippen LogP contribution is 2.29. The second kappa shape index (κ2) is 12.8. The largest absolute Gasteiger partial charge is 0.497 e. The molecular weight excluding hydrogens is 502 g/mol. The maximum absolute atomic E-state index is 12.5. The molecule has 0 aliphatic carbocycles. The van der Waals surface area contributed by atoms with Gasteiger partial charge >= 0.3 is 0 Å². The number of hydrogen-bond acceptors (Lipinski definition) is 8. The number of aryl methyl sites for hydroxylation is 1. The van der Waals surface area contributed by atoms with E-state index in [4.69, 9.17) is 14.2 Å². The third-order valence-corrected chi connectivity index (χ3v) is 6.43. The van der Waals surface area contributed by atoms with E-state index in [0.717, 1.165) is 28.1 Å². The van der Waals surface area contributed by atoms with Crippen molar-refractivity contribution in [2.24, 2.45) is 5.10 Å². The first-order valence-corrected chi connectivity index (χ1v) is 12.9. The lowest BCUT2D eigenvalue weighted by molar-refractivity contribution is -0.118. The second-order valence-corrected chi connectivity index (χ2v) is 9.07. The zero-order chi connectivity index (χ0) is 26.9. The lowest BCUT2D eigenvalue weighted by Crippen LogP contribution is -2.20. The molecule has 0 aliphatic rings. The molecule has 0 radical (unpaired) electrons. The number of rotatable bonds is 11. The molecule has 0 bridgehead atoms. The van der Waals surface area contributed by atoms with Crippen molar-refractivity contribution in [3.8, 4) is 34.3 Å². The highest BCUT2D eigenvalue weighted by Gasteiger charge is 2.17. The van der Waals surface area contributed by atoms with Crippen molar-refractivity contribution in [3.63, 3.8) is 0 Å². The third-order valence-electron chi connectivity index (χ3n) is 5.50. The fourth-order valence-corrected chi connectivity index (χ4v) is 4.34. The molecule has 4 rings (SSSR count). The van der Waals surface area contributed by atoms with Gasteiger partial charge < -0.3 is 14.2 Å². The van der Waals surface area contributed by atoms with Gasteiger partial charge in [-0.1, -0.05) is 29.5 Å². The van der Waals surface area contributed by atoms with E-state index in [2.05, 4.69) is 20.7 Å². The van der Waals surface area contributed by atoms with Crippen molar-refractivity contribution >= 4 is 23.9 Å². The summed E-state index contributed by atoms with van der Waals surface area (Å²) in [5.74, 6) is 2.51. The van der Waals surface area contributed by atoms with Gasteiger partial charge in [-0.05, 0) is 74.0 Å². The van der Waals surface area contributed by atoms with E-state index in [0.29, 0.717) is 29.1 Å². The standard InChI is InChI=1S/C28H29N5O4S/c1-5-37-24-15-8-20(16-25(24)36-4)17-29-30-26(34)18-38-28-32-31-27(21-9-13-23(35-3)14-10-21)33(28)22-11-6-19(2)7-12-22/h6-17H,5,18H2,1-4H3,(H,30,34)/b29-17-. The van der Waals surface area contributed by atoms with E-state index in [1.807, 2.05) is 73.0 Å². The Labute approximate surface area is 225 Å². The topological polar surface area (TPSA) is 99.9 Å². The molecule has 0 unspecified atom stereocenters. The highest BCUT2D eigenvalue weighted by atomic mass is 32.2. The summed E-state index contributed by atoms with van der Waals surface area (Å²) in [6, 6.07) is 21.1. The number of thioether (sulfide) groups is 1. The van der Waals surface area contributed by atoms with E-state index in [1.165, 1.54) is 11.8 Å². The molecule has 3 aromatic carbocycles. The van der Waals surface area contributed by atoms with Crippen molar-refractivity contribution in [2.75, 3.05) is 26.6 Å². The molecule has 0 fully saturated rings. The van der Waals surface area contributed by atoms with Crippen LogP contribution >= 0.6 is 11.8 Å². The smallest absolute Gasteiger partial charge is 0.250 e. The molecule has 0 saturated heterocycles. The highest BCUT2D eigenvalue weighted by molar-refractivity contribution is 7.99. The Morgan fingerprint density at radius 3 is 2.45 bits per heavy atom. The Balaban J connectivity index is 1.47. The fourth-order valence-electron chi connectivity index (χ4n) is 3.60. The Hall–Kier alpha value is -4.31. The summed E-state index contributed by atoms with van der Waals surface area (Å²) in [6.07, 6.45) is 1.55. The lowest BCUT2D eigenvalue weighted by Gasteiger charge is -2.11. The molecule has 10 heteroatoms. The summed E-state index contributed by atoms with van der Waals surface area (Å²) in [5.41, 5.74) is 6.25. The molecule has 1 heterocycles. The van der Waals surface area contributed by atoms with Crippen LogP contribution in [-0.2, 0) is 4.79 Å². The molecule has 38 heavy (non-hydrogen) atoms. The molecule has 1 amide bonds. The molecule has 1 aromatic heterocycles. The van der Waals surface area contributed by atoms with Crippen molar-refractivity contribution < 1.29 is 19.0 Å². The summed E-state index contributed by atoms with van der Waals surface area (Å²) < 4.78 is 18.1. The van der Waals surface area contributed by atoms with Crippen molar-refractivity contribution in [2.45, 2.75) is 19.0 Å². The van der Waals surface area contributed by atoms with Crippen molar-refractivity contribution in [3.05, 3.63) is 77.9 Å². The fraction of sp³-hybridized carbons (Fsp3) is 0.214. The van der Waals surface area contributed by atoms with Gasteiger partial charge in [0.15, 0.2) is 22.5 Å². The van der Waals surface area contributed by atoms with Crippen LogP contribution in [-0.4, -0.2) is 53.5 Å². The first-order valence-electron chi connectivity index (χ1n) is 11.9. The molecule has 196 valence electrons. The maximum atomic E-state index is 12.5. The lowest BCUT2D eigenvalue weighted by atomic mass is 10.2. The minimum absolute atomic E-state index is 0.108. The summed E-state index contributed by atoms with van der Waals surface area (Å²) in [7, 11) is 3.20. The van der Waals surface area contributed by atoms with Gasteiger partial charge in [0.05, 0.1) is 32.8 Å². The minimum atomic E-state index is -0.270.